The van der Waals surface area contributed by atoms with E-state index >= 15 is 0 Å². The molecule has 1 aromatic carbocycles. The Hall–Kier alpha value is -1.77. The summed E-state index contributed by atoms with van der Waals surface area (Å²) < 4.78 is 4.92. The van der Waals surface area contributed by atoms with Gasteiger partial charge in [-0.2, -0.15) is 0 Å². The zero-order valence-electron chi connectivity index (χ0n) is 8.99. The predicted molar refractivity (Wildman–Crippen MR) is 60.6 cm³/mol. The van der Waals surface area contributed by atoms with Gasteiger partial charge in [0.25, 0.3) is 5.91 Å². The number of benzene rings is 1. The van der Waals surface area contributed by atoms with E-state index in [1.807, 2.05) is 38.1 Å². The van der Waals surface area contributed by atoms with Crippen LogP contribution >= 0.6 is 0 Å². The molecule has 0 unspecified atom stereocenters. The molecule has 0 fully saturated rings. The van der Waals surface area contributed by atoms with Crippen molar-refractivity contribution in [2.24, 2.45) is 0 Å². The van der Waals surface area contributed by atoms with Gasteiger partial charge in [0, 0.05) is 11.8 Å². The third-order valence-electron chi connectivity index (χ3n) is 1.80. The molecule has 0 aliphatic carbocycles. The summed E-state index contributed by atoms with van der Waals surface area (Å²) in [5.74, 6) is -0.188. The summed E-state index contributed by atoms with van der Waals surface area (Å²) in [5, 5.41) is 2.72. The van der Waals surface area contributed by atoms with Crippen LogP contribution in [0.3, 0.4) is 0 Å². The minimum atomic E-state index is -0.188. The minimum absolute atomic E-state index is 0.188. The molecule has 3 heteroatoms. The molecule has 0 saturated heterocycles. The molecular formula is C12H15NO2. The first-order valence-electron chi connectivity index (χ1n) is 4.88. The maximum atomic E-state index is 11.3. The molecule has 0 bridgehead atoms. The molecule has 0 aromatic heterocycles. The Morgan fingerprint density at radius 3 is 2.67 bits per heavy atom. The molecule has 15 heavy (non-hydrogen) atoms. The number of carbonyl (C=O) groups excluding carboxylic acids is 1. The number of rotatable bonds is 4. The lowest BCUT2D eigenvalue weighted by atomic mass is 10.2. The Morgan fingerprint density at radius 1 is 1.40 bits per heavy atom. The zero-order chi connectivity index (χ0) is 11.1. The second-order valence-corrected chi connectivity index (χ2v) is 3.11. The SMILES string of the molecule is CCO/C=C/C(=O)Nc1ccc(C)cc1. The molecule has 1 aromatic rings. The standard InChI is InChI=1S/C12H15NO2/c1-3-15-9-8-12(14)13-11-6-4-10(2)5-7-11/h4-9H,3H2,1-2H3,(H,13,14)/b9-8+. The maximum absolute atomic E-state index is 11.3. The van der Waals surface area contributed by atoms with E-state index in [-0.39, 0.29) is 5.91 Å². The summed E-state index contributed by atoms with van der Waals surface area (Å²) in [6.07, 6.45) is 2.76. The van der Waals surface area contributed by atoms with E-state index < -0.39 is 0 Å². The molecular weight excluding hydrogens is 190 g/mol. The maximum Gasteiger partial charge on any atom is 0.251 e. The van der Waals surface area contributed by atoms with Gasteiger partial charge in [-0.05, 0) is 26.0 Å². The summed E-state index contributed by atoms with van der Waals surface area (Å²) >= 11 is 0. The van der Waals surface area contributed by atoms with Crippen LogP contribution in [0, 0.1) is 6.92 Å². The summed E-state index contributed by atoms with van der Waals surface area (Å²) in [7, 11) is 0. The van der Waals surface area contributed by atoms with E-state index in [1.165, 1.54) is 12.3 Å². The number of nitrogens with one attached hydrogen (secondary N) is 1. The monoisotopic (exact) mass is 205 g/mol. The van der Waals surface area contributed by atoms with Crippen molar-refractivity contribution in [3.05, 3.63) is 42.2 Å². The number of carbonyl (C=O) groups is 1. The largest absolute Gasteiger partial charge is 0.501 e. The molecule has 0 aliphatic heterocycles. The van der Waals surface area contributed by atoms with Crippen LogP contribution in [-0.4, -0.2) is 12.5 Å². The molecule has 0 radical (unpaired) electrons. The lowest BCUT2D eigenvalue weighted by molar-refractivity contribution is -0.112. The number of hydrogen-bond donors (Lipinski definition) is 1. The van der Waals surface area contributed by atoms with E-state index in [0.717, 1.165) is 11.3 Å². The van der Waals surface area contributed by atoms with Gasteiger partial charge in [0.2, 0.25) is 0 Å². The normalized spacial score (nSPS) is 10.3. The van der Waals surface area contributed by atoms with Crippen molar-refractivity contribution in [3.8, 4) is 0 Å². The fourth-order valence-electron chi connectivity index (χ4n) is 1.03. The third-order valence-corrected chi connectivity index (χ3v) is 1.80. The molecule has 0 aliphatic rings. The minimum Gasteiger partial charge on any atom is -0.501 e. The van der Waals surface area contributed by atoms with E-state index in [4.69, 9.17) is 4.74 Å². The Kier molecular flexibility index (Phi) is 4.41. The van der Waals surface area contributed by atoms with Crippen LogP contribution in [0.2, 0.25) is 0 Å². The fourth-order valence-corrected chi connectivity index (χ4v) is 1.03. The summed E-state index contributed by atoms with van der Waals surface area (Å²) in [4.78, 5) is 11.3. The highest BCUT2D eigenvalue weighted by molar-refractivity contribution is 5.99. The Morgan fingerprint density at radius 2 is 2.07 bits per heavy atom. The fraction of sp³-hybridized carbons (Fsp3) is 0.250. The average molecular weight is 205 g/mol. The highest BCUT2D eigenvalue weighted by atomic mass is 16.5. The van der Waals surface area contributed by atoms with Gasteiger partial charge < -0.3 is 10.1 Å². The Labute approximate surface area is 89.8 Å². The number of ether oxygens (including phenoxy) is 1. The van der Waals surface area contributed by atoms with Crippen LogP contribution in [0.4, 0.5) is 5.69 Å². The van der Waals surface area contributed by atoms with Crippen molar-refractivity contribution in [1.82, 2.24) is 0 Å². The van der Waals surface area contributed by atoms with E-state index in [9.17, 15) is 4.79 Å². The van der Waals surface area contributed by atoms with Crippen molar-refractivity contribution in [3.63, 3.8) is 0 Å². The van der Waals surface area contributed by atoms with Crippen LogP contribution < -0.4 is 5.32 Å². The first-order chi connectivity index (χ1) is 7.22. The zero-order valence-corrected chi connectivity index (χ0v) is 8.99. The van der Waals surface area contributed by atoms with Crippen LogP contribution in [0.5, 0.6) is 0 Å². The van der Waals surface area contributed by atoms with E-state index in [1.54, 1.807) is 0 Å². The molecule has 3 nitrogen and oxygen atoms in total. The van der Waals surface area contributed by atoms with Crippen LogP contribution in [0.25, 0.3) is 0 Å². The molecule has 0 spiro atoms. The summed E-state index contributed by atoms with van der Waals surface area (Å²) in [6, 6.07) is 7.62. The second kappa shape index (κ2) is 5.86. The van der Waals surface area contributed by atoms with Gasteiger partial charge in [-0.1, -0.05) is 17.7 Å². The Bertz CT molecular complexity index is 341. The van der Waals surface area contributed by atoms with E-state index in [0.29, 0.717) is 6.61 Å². The molecule has 0 heterocycles. The van der Waals surface area contributed by atoms with Crippen molar-refractivity contribution in [2.45, 2.75) is 13.8 Å². The van der Waals surface area contributed by atoms with Gasteiger partial charge in [0.1, 0.15) is 0 Å². The molecule has 0 saturated carbocycles. The average Bonchev–Trinajstić information content (AvgIpc) is 2.22. The summed E-state index contributed by atoms with van der Waals surface area (Å²) in [5.41, 5.74) is 1.95. The number of anilines is 1. The van der Waals surface area contributed by atoms with Gasteiger partial charge in [0.15, 0.2) is 0 Å². The third kappa shape index (κ3) is 4.31. The van der Waals surface area contributed by atoms with Gasteiger partial charge >= 0.3 is 0 Å². The highest BCUT2D eigenvalue weighted by Gasteiger charge is 1.96. The van der Waals surface area contributed by atoms with Crippen molar-refractivity contribution < 1.29 is 9.53 Å². The van der Waals surface area contributed by atoms with Crippen LogP contribution in [-0.2, 0) is 9.53 Å². The van der Waals surface area contributed by atoms with E-state index in [2.05, 4.69) is 5.32 Å². The molecule has 1 amide bonds. The molecule has 1 N–H and O–H groups in total. The molecule has 0 atom stereocenters. The molecule has 80 valence electrons. The lowest BCUT2D eigenvalue weighted by Gasteiger charge is -2.01. The topological polar surface area (TPSA) is 38.3 Å². The van der Waals surface area contributed by atoms with Crippen molar-refractivity contribution >= 4 is 11.6 Å². The van der Waals surface area contributed by atoms with Gasteiger partial charge in [0.05, 0.1) is 12.9 Å². The first-order valence-corrected chi connectivity index (χ1v) is 4.88. The quantitative estimate of drug-likeness (QED) is 0.605. The second-order valence-electron chi connectivity index (χ2n) is 3.11. The van der Waals surface area contributed by atoms with Gasteiger partial charge in [-0.25, -0.2) is 0 Å². The van der Waals surface area contributed by atoms with Crippen LogP contribution in [0.15, 0.2) is 36.6 Å². The van der Waals surface area contributed by atoms with Gasteiger partial charge in [-0.15, -0.1) is 0 Å². The predicted octanol–water partition coefficient (Wildman–Crippen LogP) is 2.48. The van der Waals surface area contributed by atoms with Crippen molar-refractivity contribution in [2.75, 3.05) is 11.9 Å². The van der Waals surface area contributed by atoms with Crippen molar-refractivity contribution in [1.29, 1.82) is 0 Å². The number of amides is 1. The first kappa shape index (κ1) is 11.3. The Balaban J connectivity index is 2.48. The molecule has 1 rings (SSSR count). The lowest BCUT2D eigenvalue weighted by Crippen LogP contribution is -2.07. The van der Waals surface area contributed by atoms with Crippen LogP contribution in [0.1, 0.15) is 12.5 Å². The smallest absolute Gasteiger partial charge is 0.251 e. The highest BCUT2D eigenvalue weighted by Crippen LogP contribution is 2.08. The van der Waals surface area contributed by atoms with Gasteiger partial charge in [-0.3, -0.25) is 4.79 Å². The number of aryl methyl sites for hydroxylation is 1. The number of hydrogen-bond acceptors (Lipinski definition) is 2. The summed E-state index contributed by atoms with van der Waals surface area (Å²) in [6.45, 7) is 4.43.